The van der Waals surface area contributed by atoms with Crippen molar-refractivity contribution in [1.82, 2.24) is 5.32 Å². The molecule has 0 aromatic heterocycles. The minimum atomic E-state index is -0.141. The fourth-order valence-corrected chi connectivity index (χ4v) is 3.27. The predicted octanol–water partition coefficient (Wildman–Crippen LogP) is 2.89. The molecule has 0 atom stereocenters. The number of methoxy groups -OCH3 is 2. The van der Waals surface area contributed by atoms with Crippen LogP contribution in [-0.4, -0.2) is 39.8 Å². The van der Waals surface area contributed by atoms with Gasteiger partial charge in [-0.2, -0.15) is 0 Å². The van der Waals surface area contributed by atoms with Crippen LogP contribution in [-0.2, 0) is 6.42 Å². The van der Waals surface area contributed by atoms with E-state index in [-0.39, 0.29) is 5.91 Å². The van der Waals surface area contributed by atoms with Gasteiger partial charge in [0.1, 0.15) is 0 Å². The Bertz CT molecular complexity index is 745. The average molecular weight is 340 g/mol. The van der Waals surface area contributed by atoms with Gasteiger partial charge in [0.05, 0.1) is 19.8 Å². The highest BCUT2D eigenvalue weighted by Gasteiger charge is 2.18. The summed E-state index contributed by atoms with van der Waals surface area (Å²) >= 11 is 0. The van der Waals surface area contributed by atoms with Crippen LogP contribution >= 0.6 is 0 Å². The smallest absolute Gasteiger partial charge is 0.255 e. The van der Waals surface area contributed by atoms with E-state index in [2.05, 4.69) is 34.5 Å². The van der Waals surface area contributed by atoms with Crippen LogP contribution in [0.1, 0.15) is 22.3 Å². The summed E-state index contributed by atoms with van der Waals surface area (Å²) in [5, 5.41) is 2.97. The summed E-state index contributed by atoms with van der Waals surface area (Å²) in [6.07, 6.45) is 2.00. The number of nitrogens with zero attached hydrogens (tertiary/aromatic N) is 1. The van der Waals surface area contributed by atoms with E-state index in [0.29, 0.717) is 23.6 Å². The zero-order chi connectivity index (χ0) is 17.6. The zero-order valence-corrected chi connectivity index (χ0v) is 14.7. The lowest BCUT2D eigenvalue weighted by atomic mass is 10.1. The van der Waals surface area contributed by atoms with Crippen LogP contribution in [0.4, 0.5) is 5.69 Å². The number of nitrogens with one attached hydrogen (secondary N) is 1. The number of carbonyl (C=O) groups is 1. The Labute approximate surface area is 148 Å². The van der Waals surface area contributed by atoms with Crippen molar-refractivity contribution in [2.75, 3.05) is 38.8 Å². The molecule has 1 aliphatic heterocycles. The molecule has 1 N–H and O–H groups in total. The molecule has 2 aromatic rings. The highest BCUT2D eigenvalue weighted by molar-refractivity contribution is 5.97. The van der Waals surface area contributed by atoms with E-state index in [4.69, 9.17) is 9.47 Å². The SMILES string of the molecule is COc1cccc(C(=O)NCCCN2CCc3ccccc32)c1OC. The van der Waals surface area contributed by atoms with E-state index in [1.807, 2.05) is 0 Å². The Kier molecular flexibility index (Phi) is 5.43. The fourth-order valence-electron chi connectivity index (χ4n) is 3.27. The molecule has 1 aliphatic rings. The third-order valence-corrected chi connectivity index (χ3v) is 4.52. The number of rotatable bonds is 7. The predicted molar refractivity (Wildman–Crippen MR) is 98.9 cm³/mol. The van der Waals surface area contributed by atoms with Gasteiger partial charge in [-0.15, -0.1) is 0 Å². The Balaban J connectivity index is 1.52. The molecule has 1 heterocycles. The molecule has 5 heteroatoms. The van der Waals surface area contributed by atoms with Crippen LogP contribution in [0.3, 0.4) is 0 Å². The van der Waals surface area contributed by atoms with Crippen molar-refractivity contribution in [3.8, 4) is 11.5 Å². The van der Waals surface area contributed by atoms with Crippen molar-refractivity contribution in [1.29, 1.82) is 0 Å². The Morgan fingerprint density at radius 1 is 1.12 bits per heavy atom. The molecule has 0 unspecified atom stereocenters. The molecule has 3 rings (SSSR count). The normalized spacial score (nSPS) is 12.6. The number of anilines is 1. The quantitative estimate of drug-likeness (QED) is 0.788. The van der Waals surface area contributed by atoms with E-state index < -0.39 is 0 Å². The van der Waals surface area contributed by atoms with Gasteiger partial charge in [0, 0.05) is 25.3 Å². The van der Waals surface area contributed by atoms with Crippen LogP contribution in [0.15, 0.2) is 42.5 Å². The first-order valence-electron chi connectivity index (χ1n) is 8.56. The van der Waals surface area contributed by atoms with Crippen LogP contribution < -0.4 is 19.7 Å². The second-order valence-electron chi connectivity index (χ2n) is 6.02. The van der Waals surface area contributed by atoms with E-state index in [0.717, 1.165) is 25.9 Å². The molecule has 0 aliphatic carbocycles. The van der Waals surface area contributed by atoms with Crippen molar-refractivity contribution in [3.05, 3.63) is 53.6 Å². The second-order valence-corrected chi connectivity index (χ2v) is 6.02. The van der Waals surface area contributed by atoms with Crippen molar-refractivity contribution in [2.45, 2.75) is 12.8 Å². The van der Waals surface area contributed by atoms with Gasteiger partial charge in [-0.05, 0) is 36.6 Å². The van der Waals surface area contributed by atoms with Gasteiger partial charge in [-0.1, -0.05) is 24.3 Å². The first kappa shape index (κ1) is 17.1. The lowest BCUT2D eigenvalue weighted by Crippen LogP contribution is -2.29. The molecular formula is C20H24N2O3. The fraction of sp³-hybridized carbons (Fsp3) is 0.350. The van der Waals surface area contributed by atoms with Crippen LogP contribution in [0.5, 0.6) is 11.5 Å². The Morgan fingerprint density at radius 3 is 2.76 bits per heavy atom. The number of carbonyl (C=O) groups excluding carboxylic acids is 1. The molecule has 0 spiro atoms. The molecule has 5 nitrogen and oxygen atoms in total. The largest absolute Gasteiger partial charge is 0.493 e. The highest BCUT2D eigenvalue weighted by atomic mass is 16.5. The van der Waals surface area contributed by atoms with Crippen molar-refractivity contribution < 1.29 is 14.3 Å². The molecule has 0 saturated carbocycles. The van der Waals surface area contributed by atoms with E-state index in [9.17, 15) is 4.79 Å². The first-order chi connectivity index (χ1) is 12.2. The monoisotopic (exact) mass is 340 g/mol. The third-order valence-electron chi connectivity index (χ3n) is 4.52. The third kappa shape index (κ3) is 3.71. The molecule has 0 radical (unpaired) electrons. The molecular weight excluding hydrogens is 316 g/mol. The van der Waals surface area contributed by atoms with Gasteiger partial charge >= 0.3 is 0 Å². The molecule has 0 bridgehead atoms. The number of para-hydroxylation sites is 2. The summed E-state index contributed by atoms with van der Waals surface area (Å²) in [6.45, 7) is 2.61. The lowest BCUT2D eigenvalue weighted by molar-refractivity contribution is 0.0949. The van der Waals surface area contributed by atoms with Crippen LogP contribution in [0, 0.1) is 0 Å². The van der Waals surface area contributed by atoms with Gasteiger partial charge in [0.15, 0.2) is 11.5 Å². The van der Waals surface area contributed by atoms with Gasteiger partial charge in [-0.25, -0.2) is 0 Å². The van der Waals surface area contributed by atoms with E-state index >= 15 is 0 Å². The van der Waals surface area contributed by atoms with Crippen molar-refractivity contribution in [3.63, 3.8) is 0 Å². The first-order valence-corrected chi connectivity index (χ1v) is 8.56. The molecule has 0 saturated heterocycles. The zero-order valence-electron chi connectivity index (χ0n) is 14.7. The Morgan fingerprint density at radius 2 is 1.96 bits per heavy atom. The maximum atomic E-state index is 12.4. The minimum Gasteiger partial charge on any atom is -0.493 e. The molecule has 0 fully saturated rings. The van der Waals surface area contributed by atoms with Crippen LogP contribution in [0.2, 0.25) is 0 Å². The second kappa shape index (κ2) is 7.92. The lowest BCUT2D eigenvalue weighted by Gasteiger charge is -2.19. The maximum absolute atomic E-state index is 12.4. The summed E-state index contributed by atoms with van der Waals surface area (Å²) in [7, 11) is 3.10. The van der Waals surface area contributed by atoms with Gasteiger partial charge in [0.25, 0.3) is 5.91 Å². The molecule has 25 heavy (non-hydrogen) atoms. The number of hydrogen-bond acceptors (Lipinski definition) is 4. The molecule has 1 amide bonds. The minimum absolute atomic E-state index is 0.141. The van der Waals surface area contributed by atoms with Gasteiger partial charge < -0.3 is 19.7 Å². The van der Waals surface area contributed by atoms with E-state index in [1.54, 1.807) is 32.4 Å². The number of benzene rings is 2. The highest BCUT2D eigenvalue weighted by Crippen LogP contribution is 2.30. The van der Waals surface area contributed by atoms with Crippen molar-refractivity contribution >= 4 is 11.6 Å². The van der Waals surface area contributed by atoms with Gasteiger partial charge in [0.2, 0.25) is 0 Å². The summed E-state index contributed by atoms with van der Waals surface area (Å²) in [6, 6.07) is 13.8. The maximum Gasteiger partial charge on any atom is 0.255 e. The number of ether oxygens (including phenoxy) is 2. The van der Waals surface area contributed by atoms with Crippen LogP contribution in [0.25, 0.3) is 0 Å². The van der Waals surface area contributed by atoms with E-state index in [1.165, 1.54) is 11.3 Å². The summed E-state index contributed by atoms with van der Waals surface area (Å²) in [5.74, 6) is 0.886. The standard InChI is InChI=1S/C20H24N2O3/c1-24-18-10-5-8-16(19(18)25-2)20(23)21-12-6-13-22-14-11-15-7-3-4-9-17(15)22/h3-5,7-10H,6,11-14H2,1-2H3,(H,21,23). The summed E-state index contributed by atoms with van der Waals surface area (Å²) in [4.78, 5) is 14.8. The number of amides is 1. The Hall–Kier alpha value is -2.69. The number of fused-ring (bicyclic) bond motifs is 1. The average Bonchev–Trinajstić information content (AvgIpc) is 3.07. The topological polar surface area (TPSA) is 50.8 Å². The molecule has 132 valence electrons. The summed E-state index contributed by atoms with van der Waals surface area (Å²) < 4.78 is 10.6. The number of hydrogen-bond donors (Lipinski definition) is 1. The van der Waals surface area contributed by atoms with Crippen molar-refractivity contribution in [2.24, 2.45) is 0 Å². The summed E-state index contributed by atoms with van der Waals surface area (Å²) in [5.41, 5.74) is 3.23. The van der Waals surface area contributed by atoms with Gasteiger partial charge in [-0.3, -0.25) is 4.79 Å². The molecule has 2 aromatic carbocycles.